The second-order valence-electron chi connectivity index (χ2n) is 6.83. The van der Waals surface area contributed by atoms with Gasteiger partial charge < -0.3 is 14.6 Å². The van der Waals surface area contributed by atoms with Crippen LogP contribution in [-0.2, 0) is 0 Å². The van der Waals surface area contributed by atoms with E-state index in [9.17, 15) is 4.79 Å². The number of para-hydroxylation sites is 2. The SMILES string of the molecule is O=C(c1cc2ccccc2[nH]1)N1CCC(Oc2nc3ccccc3s2)CC1. The number of nitrogens with zero attached hydrogens (tertiary/aromatic N) is 2. The zero-order valence-corrected chi connectivity index (χ0v) is 15.5. The van der Waals surface area contributed by atoms with Gasteiger partial charge in [0.2, 0.25) is 0 Å². The van der Waals surface area contributed by atoms with Crippen molar-refractivity contribution in [3.8, 4) is 5.19 Å². The molecule has 2 aromatic heterocycles. The largest absolute Gasteiger partial charge is 0.467 e. The van der Waals surface area contributed by atoms with Gasteiger partial charge in [0.15, 0.2) is 0 Å². The van der Waals surface area contributed by atoms with Crippen LogP contribution in [0.1, 0.15) is 23.3 Å². The number of likely N-dealkylation sites (tertiary alicyclic amines) is 1. The summed E-state index contributed by atoms with van der Waals surface area (Å²) >= 11 is 1.58. The number of carbonyl (C=O) groups excluding carboxylic acids is 1. The van der Waals surface area contributed by atoms with Crippen molar-refractivity contribution < 1.29 is 9.53 Å². The van der Waals surface area contributed by atoms with Crippen LogP contribution in [0, 0.1) is 0 Å². The summed E-state index contributed by atoms with van der Waals surface area (Å²) in [5.41, 5.74) is 2.63. The molecule has 4 aromatic rings. The minimum absolute atomic E-state index is 0.0598. The highest BCUT2D eigenvalue weighted by Crippen LogP contribution is 2.29. The molecule has 136 valence electrons. The number of carbonyl (C=O) groups is 1. The van der Waals surface area contributed by atoms with Crippen molar-refractivity contribution in [3.05, 3.63) is 60.3 Å². The van der Waals surface area contributed by atoms with Gasteiger partial charge in [-0.05, 0) is 24.3 Å². The van der Waals surface area contributed by atoms with Crippen LogP contribution in [0.25, 0.3) is 21.1 Å². The maximum Gasteiger partial charge on any atom is 0.274 e. The molecule has 1 fully saturated rings. The van der Waals surface area contributed by atoms with Crippen molar-refractivity contribution in [2.24, 2.45) is 0 Å². The summed E-state index contributed by atoms with van der Waals surface area (Å²) in [5.74, 6) is 0.0598. The Hall–Kier alpha value is -2.86. The van der Waals surface area contributed by atoms with Crippen LogP contribution in [0.3, 0.4) is 0 Å². The van der Waals surface area contributed by atoms with Gasteiger partial charge >= 0.3 is 0 Å². The fraction of sp³-hybridized carbons (Fsp3) is 0.238. The van der Waals surface area contributed by atoms with Crippen molar-refractivity contribution in [1.82, 2.24) is 14.9 Å². The average molecular weight is 377 g/mol. The molecule has 3 heterocycles. The van der Waals surface area contributed by atoms with Crippen LogP contribution >= 0.6 is 11.3 Å². The molecule has 0 saturated carbocycles. The molecule has 1 aliphatic rings. The summed E-state index contributed by atoms with van der Waals surface area (Å²) in [6.45, 7) is 1.40. The molecule has 27 heavy (non-hydrogen) atoms. The smallest absolute Gasteiger partial charge is 0.274 e. The lowest BCUT2D eigenvalue weighted by molar-refractivity contribution is 0.0591. The number of piperidine rings is 1. The molecule has 0 bridgehead atoms. The summed E-state index contributed by atoms with van der Waals surface area (Å²) in [4.78, 5) is 22.5. The number of aromatic amines is 1. The fourth-order valence-electron chi connectivity index (χ4n) is 3.58. The number of hydrogen-bond acceptors (Lipinski definition) is 4. The fourth-order valence-corrected chi connectivity index (χ4v) is 4.46. The van der Waals surface area contributed by atoms with Gasteiger partial charge in [-0.1, -0.05) is 41.7 Å². The Bertz CT molecular complexity index is 1040. The zero-order valence-electron chi connectivity index (χ0n) is 14.7. The number of aromatic nitrogens is 2. The second kappa shape index (κ2) is 6.70. The van der Waals surface area contributed by atoms with Crippen LogP contribution in [0.4, 0.5) is 0 Å². The number of rotatable bonds is 3. The number of fused-ring (bicyclic) bond motifs is 2. The summed E-state index contributed by atoms with van der Waals surface area (Å²) in [5, 5.41) is 1.78. The van der Waals surface area contributed by atoms with E-state index < -0.39 is 0 Å². The topological polar surface area (TPSA) is 58.2 Å². The molecular formula is C21H19N3O2S. The van der Waals surface area contributed by atoms with Crippen molar-refractivity contribution in [3.63, 3.8) is 0 Å². The first-order chi connectivity index (χ1) is 13.3. The van der Waals surface area contributed by atoms with E-state index >= 15 is 0 Å². The number of ether oxygens (including phenoxy) is 1. The number of amides is 1. The van der Waals surface area contributed by atoms with E-state index in [2.05, 4.69) is 16.0 Å². The van der Waals surface area contributed by atoms with Crippen molar-refractivity contribution in [1.29, 1.82) is 0 Å². The van der Waals surface area contributed by atoms with E-state index in [1.807, 2.05) is 53.4 Å². The van der Waals surface area contributed by atoms with Gasteiger partial charge in [-0.3, -0.25) is 4.79 Å². The first kappa shape index (κ1) is 16.3. The number of hydrogen-bond donors (Lipinski definition) is 1. The Labute approximate surface area is 160 Å². The van der Waals surface area contributed by atoms with Crippen LogP contribution < -0.4 is 4.74 Å². The summed E-state index contributed by atoms with van der Waals surface area (Å²) < 4.78 is 7.22. The summed E-state index contributed by atoms with van der Waals surface area (Å²) in [6, 6.07) is 17.9. The lowest BCUT2D eigenvalue weighted by atomic mass is 10.1. The molecular weight excluding hydrogens is 358 g/mol. The monoisotopic (exact) mass is 377 g/mol. The van der Waals surface area contributed by atoms with Gasteiger partial charge in [0.05, 0.1) is 10.2 Å². The number of nitrogens with one attached hydrogen (secondary N) is 1. The zero-order chi connectivity index (χ0) is 18.2. The van der Waals surface area contributed by atoms with Gasteiger partial charge in [0.25, 0.3) is 11.1 Å². The van der Waals surface area contributed by atoms with E-state index in [1.54, 1.807) is 11.3 Å². The predicted octanol–water partition coefficient (Wildman–Crippen LogP) is 4.46. The second-order valence-corrected chi connectivity index (χ2v) is 7.82. The molecule has 0 unspecified atom stereocenters. The third-order valence-electron chi connectivity index (χ3n) is 5.03. The highest BCUT2D eigenvalue weighted by atomic mass is 32.1. The molecule has 1 N–H and O–H groups in total. The molecule has 1 saturated heterocycles. The first-order valence-corrected chi connectivity index (χ1v) is 9.97. The molecule has 2 aromatic carbocycles. The molecule has 0 aliphatic carbocycles. The average Bonchev–Trinajstić information content (AvgIpc) is 3.31. The van der Waals surface area contributed by atoms with Gasteiger partial charge in [0, 0.05) is 36.8 Å². The van der Waals surface area contributed by atoms with Crippen molar-refractivity contribution in [2.75, 3.05) is 13.1 Å². The minimum atomic E-state index is 0.0598. The maximum atomic E-state index is 12.8. The molecule has 6 heteroatoms. The molecule has 0 spiro atoms. The highest BCUT2D eigenvalue weighted by molar-refractivity contribution is 7.20. The Morgan fingerprint density at radius 2 is 1.89 bits per heavy atom. The minimum Gasteiger partial charge on any atom is -0.467 e. The van der Waals surface area contributed by atoms with Crippen molar-refractivity contribution >= 4 is 38.4 Å². The molecule has 5 rings (SSSR count). The third-order valence-corrected chi connectivity index (χ3v) is 5.96. The van der Waals surface area contributed by atoms with Gasteiger partial charge in [0.1, 0.15) is 11.8 Å². The lowest BCUT2D eigenvalue weighted by Crippen LogP contribution is -2.41. The normalized spacial score (nSPS) is 15.5. The molecule has 1 aliphatic heterocycles. The van der Waals surface area contributed by atoms with E-state index in [0.717, 1.165) is 39.2 Å². The third kappa shape index (κ3) is 3.17. The highest BCUT2D eigenvalue weighted by Gasteiger charge is 2.26. The Kier molecular flexibility index (Phi) is 4.05. The van der Waals surface area contributed by atoms with E-state index in [0.29, 0.717) is 18.8 Å². The Morgan fingerprint density at radius 3 is 2.70 bits per heavy atom. The predicted molar refractivity (Wildman–Crippen MR) is 107 cm³/mol. The van der Waals surface area contributed by atoms with Crippen LogP contribution in [0.2, 0.25) is 0 Å². The lowest BCUT2D eigenvalue weighted by Gasteiger charge is -2.31. The van der Waals surface area contributed by atoms with Gasteiger partial charge in [-0.15, -0.1) is 0 Å². The summed E-state index contributed by atoms with van der Waals surface area (Å²) in [6.07, 6.45) is 1.75. The Balaban J connectivity index is 1.23. The number of thiazole rings is 1. The summed E-state index contributed by atoms with van der Waals surface area (Å²) in [7, 11) is 0. The van der Waals surface area contributed by atoms with E-state index in [1.165, 1.54) is 0 Å². The van der Waals surface area contributed by atoms with Crippen molar-refractivity contribution in [2.45, 2.75) is 18.9 Å². The van der Waals surface area contributed by atoms with Gasteiger partial charge in [-0.25, -0.2) is 4.98 Å². The first-order valence-electron chi connectivity index (χ1n) is 9.15. The molecule has 0 radical (unpaired) electrons. The van der Waals surface area contributed by atoms with Gasteiger partial charge in [-0.2, -0.15) is 0 Å². The quantitative estimate of drug-likeness (QED) is 0.573. The van der Waals surface area contributed by atoms with Crippen LogP contribution in [0.5, 0.6) is 5.19 Å². The maximum absolute atomic E-state index is 12.8. The number of benzene rings is 2. The van der Waals surface area contributed by atoms with Crippen LogP contribution in [0.15, 0.2) is 54.6 Å². The standard InChI is InChI=1S/C21H19N3O2S/c25-20(18-13-14-5-1-2-6-16(14)22-18)24-11-9-15(10-12-24)26-21-23-17-7-3-4-8-19(17)27-21/h1-8,13,15,22H,9-12H2. The van der Waals surface area contributed by atoms with Crippen LogP contribution in [-0.4, -0.2) is 40.0 Å². The number of H-pyrrole nitrogens is 1. The van der Waals surface area contributed by atoms with E-state index in [4.69, 9.17) is 4.74 Å². The Morgan fingerprint density at radius 1 is 1.11 bits per heavy atom. The molecule has 1 amide bonds. The molecule has 0 atom stereocenters. The van der Waals surface area contributed by atoms with E-state index in [-0.39, 0.29) is 12.0 Å². The molecule has 5 nitrogen and oxygen atoms in total.